The molecule has 0 aromatic heterocycles. The Morgan fingerprint density at radius 2 is 1.62 bits per heavy atom. The number of hydrogen-bond donors (Lipinski definition) is 4. The first-order valence-electron chi connectivity index (χ1n) is 10.4. The Labute approximate surface area is 181 Å². The van der Waals surface area contributed by atoms with E-state index in [1.165, 1.54) is 6.92 Å². The molecule has 1 aromatic carbocycles. The first-order valence-corrected chi connectivity index (χ1v) is 10.4. The number of esters is 1. The van der Waals surface area contributed by atoms with Crippen molar-refractivity contribution in [2.24, 2.45) is 0 Å². The van der Waals surface area contributed by atoms with Gasteiger partial charge in [-0.25, -0.2) is 0 Å². The highest BCUT2D eigenvalue weighted by Crippen LogP contribution is 2.57. The molecule has 2 bridgehead atoms. The molecule has 10 nitrogen and oxygen atoms in total. The molecule has 1 aromatic rings. The topological polar surface area (TPSA) is 160 Å². The van der Waals surface area contributed by atoms with Crippen LogP contribution in [0, 0.1) is 0 Å². The molecule has 2 aliphatic carbocycles. The van der Waals surface area contributed by atoms with Gasteiger partial charge in [0, 0.05) is 28.7 Å². The molecule has 6 aliphatic rings. The van der Waals surface area contributed by atoms with Gasteiger partial charge in [0.1, 0.15) is 23.2 Å². The molecular weight excluding hydrogens is 424 g/mol. The Balaban J connectivity index is 1.64. The van der Waals surface area contributed by atoms with Gasteiger partial charge in [0.25, 0.3) is 0 Å². The standard InChI is InChI=1S/C22H20O10/c1-5-11-15(21-8(30-5)4-10(24)32-21)19(27)13-14(17(11)25)20(28)16-12(18(13)26)7-3-9(23)22(16,29)6(2)31-7/h5-9,21,23,25,27,29H,3-4H2,1-2H3. The highest BCUT2D eigenvalue weighted by Gasteiger charge is 2.62. The van der Waals surface area contributed by atoms with Crippen molar-refractivity contribution in [2.45, 2.75) is 68.9 Å². The number of benzene rings is 1. The molecule has 4 aliphatic heterocycles. The van der Waals surface area contributed by atoms with Crippen molar-refractivity contribution in [3.05, 3.63) is 33.4 Å². The van der Waals surface area contributed by atoms with Gasteiger partial charge < -0.3 is 34.6 Å². The zero-order valence-electron chi connectivity index (χ0n) is 17.1. The lowest BCUT2D eigenvalue weighted by Crippen LogP contribution is -2.66. The first kappa shape index (κ1) is 19.9. The largest absolute Gasteiger partial charge is 0.507 e. The number of ether oxygens (including phenoxy) is 3. The molecule has 0 amide bonds. The van der Waals surface area contributed by atoms with Gasteiger partial charge in [0.15, 0.2) is 17.7 Å². The zero-order valence-corrected chi connectivity index (χ0v) is 17.1. The molecule has 7 unspecified atom stereocenters. The van der Waals surface area contributed by atoms with E-state index < -0.39 is 82.4 Å². The number of Topliss-reactive ketones (excluding diaryl/α,β-unsaturated/α-hetero) is 2. The summed E-state index contributed by atoms with van der Waals surface area (Å²) in [5, 5.41) is 44.0. The number of aromatic hydroxyl groups is 2. The fourth-order valence-electron chi connectivity index (χ4n) is 5.95. The predicted molar refractivity (Wildman–Crippen MR) is 102 cm³/mol. The summed E-state index contributed by atoms with van der Waals surface area (Å²) in [6.07, 6.45) is -5.97. The van der Waals surface area contributed by atoms with Crippen molar-refractivity contribution >= 4 is 17.5 Å². The van der Waals surface area contributed by atoms with Gasteiger partial charge in [-0.1, -0.05) is 0 Å². The molecule has 0 saturated carbocycles. The molecule has 0 radical (unpaired) electrons. The summed E-state index contributed by atoms with van der Waals surface area (Å²) in [5.74, 6) is -3.36. The van der Waals surface area contributed by atoms with Crippen LogP contribution in [0.4, 0.5) is 0 Å². The van der Waals surface area contributed by atoms with Crippen molar-refractivity contribution in [3.8, 4) is 11.5 Å². The van der Waals surface area contributed by atoms with Crippen LogP contribution in [0.3, 0.4) is 0 Å². The monoisotopic (exact) mass is 444 g/mol. The van der Waals surface area contributed by atoms with Crippen molar-refractivity contribution in [1.29, 1.82) is 0 Å². The van der Waals surface area contributed by atoms with E-state index in [4.69, 9.17) is 14.2 Å². The van der Waals surface area contributed by atoms with Crippen molar-refractivity contribution in [1.82, 2.24) is 0 Å². The van der Waals surface area contributed by atoms with E-state index in [0.717, 1.165) is 0 Å². The maximum Gasteiger partial charge on any atom is 0.309 e. The van der Waals surface area contributed by atoms with Crippen LogP contribution in [0.5, 0.6) is 11.5 Å². The van der Waals surface area contributed by atoms with E-state index >= 15 is 0 Å². The van der Waals surface area contributed by atoms with Crippen LogP contribution in [0.25, 0.3) is 0 Å². The van der Waals surface area contributed by atoms with Gasteiger partial charge in [0.05, 0.1) is 42.0 Å². The third-order valence-electron chi connectivity index (χ3n) is 7.41. The fourth-order valence-corrected chi connectivity index (χ4v) is 5.95. The average Bonchev–Trinajstić information content (AvgIpc) is 3.09. The summed E-state index contributed by atoms with van der Waals surface area (Å²) < 4.78 is 16.7. The minimum atomic E-state index is -2.14. The summed E-state index contributed by atoms with van der Waals surface area (Å²) in [6.45, 7) is 3.07. The lowest BCUT2D eigenvalue weighted by Gasteiger charge is -2.52. The molecule has 7 rings (SSSR count). The number of hydrogen-bond acceptors (Lipinski definition) is 10. The number of carbonyl (C=O) groups excluding carboxylic acids is 3. The van der Waals surface area contributed by atoms with Gasteiger partial charge in [-0.2, -0.15) is 0 Å². The second-order valence-corrected chi connectivity index (χ2v) is 9.00. The van der Waals surface area contributed by atoms with Crippen LogP contribution in [-0.2, 0) is 19.0 Å². The van der Waals surface area contributed by atoms with E-state index in [9.17, 15) is 34.8 Å². The summed E-state index contributed by atoms with van der Waals surface area (Å²) in [5.41, 5.74) is -3.41. The van der Waals surface area contributed by atoms with E-state index in [1.807, 2.05) is 0 Å². The normalized spacial score (nSPS) is 39.4. The van der Waals surface area contributed by atoms with E-state index in [2.05, 4.69) is 0 Å². The maximum absolute atomic E-state index is 13.6. The number of fused-ring (bicyclic) bond motifs is 6. The number of aliphatic hydroxyl groups excluding tert-OH is 1. The van der Waals surface area contributed by atoms with Crippen LogP contribution in [0.2, 0.25) is 0 Å². The third-order valence-corrected chi connectivity index (χ3v) is 7.41. The van der Waals surface area contributed by atoms with Crippen LogP contribution < -0.4 is 0 Å². The second kappa shape index (κ2) is 5.96. The number of ketones is 2. The summed E-state index contributed by atoms with van der Waals surface area (Å²) in [6, 6.07) is 0. The number of carbonyl (C=O) groups is 3. The first-order chi connectivity index (χ1) is 15.1. The second-order valence-electron chi connectivity index (χ2n) is 9.00. The number of aliphatic hydroxyl groups is 2. The fraction of sp³-hybridized carbons (Fsp3) is 0.500. The van der Waals surface area contributed by atoms with Gasteiger partial charge in [-0.15, -0.1) is 0 Å². The number of rotatable bonds is 0. The van der Waals surface area contributed by atoms with Crippen LogP contribution in [-0.4, -0.2) is 68.0 Å². The Morgan fingerprint density at radius 1 is 0.969 bits per heavy atom. The van der Waals surface area contributed by atoms with E-state index in [-0.39, 0.29) is 35.1 Å². The molecule has 0 spiro atoms. The van der Waals surface area contributed by atoms with Crippen molar-refractivity contribution < 1.29 is 49.0 Å². The smallest absolute Gasteiger partial charge is 0.309 e. The van der Waals surface area contributed by atoms with Crippen LogP contribution in [0.15, 0.2) is 11.1 Å². The number of phenols is 2. The molecule has 2 fully saturated rings. The van der Waals surface area contributed by atoms with E-state index in [1.54, 1.807) is 6.92 Å². The summed E-state index contributed by atoms with van der Waals surface area (Å²) in [4.78, 5) is 39.0. The van der Waals surface area contributed by atoms with Gasteiger partial charge >= 0.3 is 5.97 Å². The van der Waals surface area contributed by atoms with Crippen LogP contribution in [0.1, 0.15) is 70.7 Å². The van der Waals surface area contributed by atoms with Crippen LogP contribution >= 0.6 is 0 Å². The van der Waals surface area contributed by atoms with E-state index in [0.29, 0.717) is 0 Å². The Morgan fingerprint density at radius 3 is 2.31 bits per heavy atom. The third kappa shape index (κ3) is 2.06. The molecule has 4 N–H and O–H groups in total. The summed E-state index contributed by atoms with van der Waals surface area (Å²) in [7, 11) is 0. The minimum Gasteiger partial charge on any atom is -0.507 e. The molecule has 7 atom stereocenters. The molecular formula is C22H20O10. The summed E-state index contributed by atoms with van der Waals surface area (Å²) >= 11 is 0. The molecule has 10 heteroatoms. The predicted octanol–water partition coefficient (Wildman–Crippen LogP) is 0.504. The number of phenolic OH excluding ortho intramolecular Hbond substituents is 2. The van der Waals surface area contributed by atoms with Crippen molar-refractivity contribution in [2.75, 3.05) is 0 Å². The van der Waals surface area contributed by atoms with Gasteiger partial charge in [0.2, 0.25) is 0 Å². The lowest BCUT2D eigenvalue weighted by atomic mass is 9.63. The molecule has 4 heterocycles. The molecule has 2 saturated heterocycles. The highest BCUT2D eigenvalue weighted by atomic mass is 16.6. The maximum atomic E-state index is 13.6. The Hall–Kier alpha value is -2.79. The molecule has 168 valence electrons. The zero-order chi connectivity index (χ0) is 22.9. The highest BCUT2D eigenvalue weighted by molar-refractivity contribution is 6.30. The van der Waals surface area contributed by atoms with Gasteiger partial charge in [-0.05, 0) is 13.8 Å². The van der Waals surface area contributed by atoms with Gasteiger partial charge in [-0.3, -0.25) is 14.4 Å². The average molecular weight is 444 g/mol. The van der Waals surface area contributed by atoms with Crippen molar-refractivity contribution in [3.63, 3.8) is 0 Å². The SMILES string of the molecule is CC1OC2CC(=O)OC2c2c(O)c3c(c(O)c21)C(=O)C1=C(C3=O)C2CC(O)C1(O)C(C)O2. The lowest BCUT2D eigenvalue weighted by molar-refractivity contribution is -0.207. The molecule has 32 heavy (non-hydrogen) atoms. The quantitative estimate of drug-likeness (QED) is 0.328. The minimum absolute atomic E-state index is 0.0371. The Kier molecular flexibility index (Phi) is 3.70. The Bertz CT molecular complexity index is 1170.